The first-order chi connectivity index (χ1) is 11.9. The average Bonchev–Trinajstić information content (AvgIpc) is 2.57. The van der Waals surface area contributed by atoms with Gasteiger partial charge in [0.15, 0.2) is 11.5 Å². The molecule has 0 saturated heterocycles. The van der Waals surface area contributed by atoms with Crippen molar-refractivity contribution in [2.24, 2.45) is 0 Å². The van der Waals surface area contributed by atoms with Gasteiger partial charge in [0.1, 0.15) is 10.8 Å². The van der Waals surface area contributed by atoms with E-state index in [9.17, 15) is 13.6 Å². The van der Waals surface area contributed by atoms with Crippen LogP contribution in [0.2, 0.25) is 10.2 Å². The summed E-state index contributed by atoms with van der Waals surface area (Å²) in [6.45, 7) is -2.66. The van der Waals surface area contributed by atoms with Gasteiger partial charge in [-0.05, 0) is 36.2 Å². The van der Waals surface area contributed by atoms with Crippen molar-refractivity contribution in [1.82, 2.24) is 10.3 Å². The normalized spacial score (nSPS) is 10.6. The maximum atomic E-state index is 12.3. The van der Waals surface area contributed by atoms with Crippen molar-refractivity contribution >= 4 is 29.1 Å². The second-order valence-corrected chi connectivity index (χ2v) is 5.63. The van der Waals surface area contributed by atoms with E-state index in [0.717, 1.165) is 5.56 Å². The van der Waals surface area contributed by atoms with E-state index in [1.165, 1.54) is 25.3 Å². The Kier molecular flexibility index (Phi) is 6.78. The topological polar surface area (TPSA) is 60.5 Å². The van der Waals surface area contributed by atoms with Gasteiger partial charge in [-0.25, -0.2) is 4.98 Å². The summed E-state index contributed by atoms with van der Waals surface area (Å²) in [6, 6.07) is 7.53. The molecule has 0 spiro atoms. The van der Waals surface area contributed by atoms with Crippen molar-refractivity contribution in [2.75, 3.05) is 13.7 Å². The van der Waals surface area contributed by atoms with Gasteiger partial charge in [-0.15, -0.1) is 0 Å². The molecule has 1 aromatic heterocycles. The van der Waals surface area contributed by atoms with E-state index >= 15 is 0 Å². The first kappa shape index (κ1) is 19.2. The van der Waals surface area contributed by atoms with Gasteiger partial charge in [0, 0.05) is 6.54 Å². The zero-order chi connectivity index (χ0) is 18.4. The third-order valence-corrected chi connectivity index (χ3v) is 3.69. The molecule has 0 aliphatic carbocycles. The number of nitrogens with one attached hydrogen (secondary N) is 1. The fraction of sp³-hybridized carbons (Fsp3) is 0.250. The summed E-state index contributed by atoms with van der Waals surface area (Å²) in [5.41, 5.74) is 0.802. The predicted octanol–water partition coefficient (Wildman–Crippen LogP) is 3.97. The number of rotatable bonds is 7. The summed E-state index contributed by atoms with van der Waals surface area (Å²) in [4.78, 5) is 15.9. The van der Waals surface area contributed by atoms with Crippen LogP contribution in [0.3, 0.4) is 0 Å². The van der Waals surface area contributed by atoms with Crippen molar-refractivity contribution in [1.29, 1.82) is 0 Å². The number of pyridine rings is 1. The summed E-state index contributed by atoms with van der Waals surface area (Å²) >= 11 is 11.7. The van der Waals surface area contributed by atoms with Crippen molar-refractivity contribution in [3.8, 4) is 11.5 Å². The van der Waals surface area contributed by atoms with Crippen LogP contribution in [0, 0.1) is 0 Å². The first-order valence-corrected chi connectivity index (χ1v) is 7.88. The molecule has 0 radical (unpaired) electrons. The SMILES string of the molecule is COc1cc(CCNC(=O)c2nc(Cl)ccc2Cl)ccc1OC(F)F. The van der Waals surface area contributed by atoms with Crippen LogP contribution in [0.15, 0.2) is 30.3 Å². The van der Waals surface area contributed by atoms with Gasteiger partial charge in [0.05, 0.1) is 12.1 Å². The van der Waals surface area contributed by atoms with Crippen LogP contribution < -0.4 is 14.8 Å². The van der Waals surface area contributed by atoms with Crippen molar-refractivity contribution in [3.05, 3.63) is 51.8 Å². The predicted molar refractivity (Wildman–Crippen MR) is 89.9 cm³/mol. The van der Waals surface area contributed by atoms with Gasteiger partial charge in [-0.1, -0.05) is 29.3 Å². The maximum Gasteiger partial charge on any atom is 0.387 e. The monoisotopic (exact) mass is 390 g/mol. The number of carbonyl (C=O) groups excluding carboxylic acids is 1. The number of aromatic nitrogens is 1. The Balaban J connectivity index is 1.97. The molecule has 1 heterocycles. The molecule has 0 saturated carbocycles. The minimum atomic E-state index is -2.94. The van der Waals surface area contributed by atoms with E-state index in [-0.39, 0.29) is 33.9 Å². The van der Waals surface area contributed by atoms with Crippen LogP contribution in [0.4, 0.5) is 8.78 Å². The number of methoxy groups -OCH3 is 1. The maximum absolute atomic E-state index is 12.3. The first-order valence-electron chi connectivity index (χ1n) is 7.12. The summed E-state index contributed by atoms with van der Waals surface area (Å²) in [5, 5.41) is 3.02. The number of ether oxygens (including phenoxy) is 2. The molecule has 25 heavy (non-hydrogen) atoms. The molecule has 5 nitrogen and oxygen atoms in total. The van der Waals surface area contributed by atoms with Crippen LogP contribution in [-0.2, 0) is 6.42 Å². The summed E-state index contributed by atoms with van der Waals surface area (Å²) in [5.74, 6) is -0.332. The molecule has 2 aromatic rings. The highest BCUT2D eigenvalue weighted by Crippen LogP contribution is 2.29. The van der Waals surface area contributed by atoms with Crippen molar-refractivity contribution in [2.45, 2.75) is 13.0 Å². The quantitative estimate of drug-likeness (QED) is 0.726. The summed E-state index contributed by atoms with van der Waals surface area (Å²) in [7, 11) is 1.35. The Morgan fingerprint density at radius 3 is 2.68 bits per heavy atom. The average molecular weight is 391 g/mol. The lowest BCUT2D eigenvalue weighted by Gasteiger charge is -2.12. The Bertz CT molecular complexity index is 760. The van der Waals surface area contributed by atoms with Crippen molar-refractivity contribution < 1.29 is 23.0 Å². The lowest BCUT2D eigenvalue weighted by Crippen LogP contribution is -2.26. The molecular formula is C16H14Cl2F2N2O3. The van der Waals surface area contributed by atoms with E-state index in [2.05, 4.69) is 15.0 Å². The smallest absolute Gasteiger partial charge is 0.387 e. The number of carbonyl (C=O) groups is 1. The van der Waals surface area contributed by atoms with Crippen LogP contribution in [0.5, 0.6) is 11.5 Å². The molecule has 0 aliphatic heterocycles. The van der Waals surface area contributed by atoms with Crippen LogP contribution >= 0.6 is 23.2 Å². The van der Waals surface area contributed by atoms with E-state index in [1.807, 2.05) is 0 Å². The largest absolute Gasteiger partial charge is 0.493 e. The van der Waals surface area contributed by atoms with E-state index in [1.54, 1.807) is 12.1 Å². The van der Waals surface area contributed by atoms with E-state index < -0.39 is 12.5 Å². The number of nitrogens with zero attached hydrogens (tertiary/aromatic N) is 1. The number of hydrogen-bond acceptors (Lipinski definition) is 4. The standard InChI is InChI=1S/C16H14Cl2F2N2O3/c1-24-12-8-9(2-4-11(12)25-16(19)20)6-7-21-15(23)14-10(17)3-5-13(18)22-14/h2-5,8,16H,6-7H2,1H3,(H,21,23). The Morgan fingerprint density at radius 2 is 2.00 bits per heavy atom. The lowest BCUT2D eigenvalue weighted by atomic mass is 10.1. The number of halogens is 4. The molecule has 0 bridgehead atoms. The van der Waals surface area contributed by atoms with Gasteiger partial charge >= 0.3 is 6.61 Å². The molecule has 0 unspecified atom stereocenters. The number of amides is 1. The van der Waals surface area contributed by atoms with Gasteiger partial charge in [0.25, 0.3) is 5.91 Å². The van der Waals surface area contributed by atoms with Gasteiger partial charge in [-0.3, -0.25) is 4.79 Å². The Labute approximate surface area is 152 Å². The fourth-order valence-corrected chi connectivity index (χ4v) is 2.38. The molecule has 134 valence electrons. The minimum absolute atomic E-state index is 0.0347. The second kappa shape index (κ2) is 8.82. The minimum Gasteiger partial charge on any atom is -0.493 e. The zero-order valence-electron chi connectivity index (χ0n) is 13.1. The van der Waals surface area contributed by atoms with Crippen LogP contribution in [0.1, 0.15) is 16.1 Å². The van der Waals surface area contributed by atoms with Gasteiger partial charge in [-0.2, -0.15) is 8.78 Å². The third kappa shape index (κ3) is 5.44. The fourth-order valence-electron chi connectivity index (χ4n) is 2.04. The van der Waals surface area contributed by atoms with E-state index in [0.29, 0.717) is 6.42 Å². The van der Waals surface area contributed by atoms with Gasteiger partial charge < -0.3 is 14.8 Å². The summed E-state index contributed by atoms with van der Waals surface area (Å²) in [6.07, 6.45) is 0.440. The lowest BCUT2D eigenvalue weighted by molar-refractivity contribution is -0.0512. The molecule has 9 heteroatoms. The Morgan fingerprint density at radius 1 is 1.24 bits per heavy atom. The Hall–Kier alpha value is -2.12. The number of benzene rings is 1. The highest BCUT2D eigenvalue weighted by molar-refractivity contribution is 6.34. The molecule has 2 rings (SSSR count). The molecule has 1 N–H and O–H groups in total. The number of hydrogen-bond donors (Lipinski definition) is 1. The van der Waals surface area contributed by atoms with Crippen LogP contribution in [0.25, 0.3) is 0 Å². The molecule has 0 fully saturated rings. The zero-order valence-corrected chi connectivity index (χ0v) is 14.6. The highest BCUT2D eigenvalue weighted by atomic mass is 35.5. The molecule has 1 amide bonds. The second-order valence-electron chi connectivity index (χ2n) is 4.83. The molecular weight excluding hydrogens is 377 g/mol. The van der Waals surface area contributed by atoms with E-state index in [4.69, 9.17) is 27.9 Å². The summed E-state index contributed by atoms with van der Waals surface area (Å²) < 4.78 is 34.0. The number of alkyl halides is 2. The molecule has 0 atom stereocenters. The third-order valence-electron chi connectivity index (χ3n) is 3.17. The van der Waals surface area contributed by atoms with Crippen LogP contribution in [-0.4, -0.2) is 31.2 Å². The highest BCUT2D eigenvalue weighted by Gasteiger charge is 2.13. The molecule has 1 aromatic carbocycles. The van der Waals surface area contributed by atoms with Gasteiger partial charge in [0.2, 0.25) is 0 Å². The molecule has 0 aliphatic rings. The van der Waals surface area contributed by atoms with Crippen molar-refractivity contribution in [3.63, 3.8) is 0 Å².